The Balaban J connectivity index is 1.45. The van der Waals surface area contributed by atoms with E-state index >= 15 is 8.78 Å². The second kappa shape index (κ2) is 9.86. The molecule has 2 atom stereocenters. The summed E-state index contributed by atoms with van der Waals surface area (Å²) >= 11 is 1.02. The van der Waals surface area contributed by atoms with Gasteiger partial charge in [-0.15, -0.1) is 5.10 Å². The number of sulfonamides is 1. The van der Waals surface area contributed by atoms with E-state index in [4.69, 9.17) is 0 Å². The first kappa shape index (κ1) is 27.0. The first-order valence-corrected chi connectivity index (χ1v) is 14.8. The zero-order valence-corrected chi connectivity index (χ0v) is 22.7. The number of hydrogen-bond acceptors (Lipinski definition) is 7. The molecule has 2 aliphatic rings. The van der Waals surface area contributed by atoms with Gasteiger partial charge >= 0.3 is 0 Å². The molecule has 2 heterocycles. The van der Waals surface area contributed by atoms with E-state index in [1.165, 1.54) is 9.69 Å². The first-order chi connectivity index (χ1) is 17.9. The van der Waals surface area contributed by atoms with Crippen LogP contribution in [-0.2, 0) is 22.0 Å². The number of benzene rings is 2. The molecule has 1 aliphatic carbocycles. The molecule has 38 heavy (non-hydrogen) atoms. The Morgan fingerprint density at radius 3 is 2.50 bits per heavy atom. The molecule has 1 saturated heterocycles. The van der Waals surface area contributed by atoms with Crippen LogP contribution in [-0.4, -0.2) is 44.8 Å². The summed E-state index contributed by atoms with van der Waals surface area (Å²) < 4.78 is 63.2. The topological polar surface area (TPSA) is 100 Å². The normalized spacial score (nSPS) is 29.1. The number of aliphatic hydroxyl groups is 1. The number of carbonyl (C=O) groups excluding carboxylic acids is 1. The quantitative estimate of drug-likeness (QED) is 0.411. The lowest BCUT2D eigenvalue weighted by Gasteiger charge is -2.52. The van der Waals surface area contributed by atoms with Crippen molar-refractivity contribution in [2.75, 3.05) is 0 Å². The Labute approximate surface area is 224 Å². The van der Waals surface area contributed by atoms with E-state index in [1.54, 1.807) is 38.1 Å². The highest BCUT2D eigenvalue weighted by molar-refractivity contribution is 7.89. The van der Waals surface area contributed by atoms with Crippen molar-refractivity contribution >= 4 is 27.3 Å². The number of halogens is 2. The average molecular weight is 562 g/mol. The molecule has 0 bridgehead atoms. The molecule has 11 heteroatoms. The van der Waals surface area contributed by atoms with Crippen LogP contribution >= 0.6 is 11.5 Å². The molecule has 0 radical (unpaired) electrons. The van der Waals surface area contributed by atoms with E-state index in [9.17, 15) is 18.3 Å². The lowest BCUT2D eigenvalue weighted by molar-refractivity contribution is -0.0768. The minimum Gasteiger partial charge on any atom is -0.390 e. The van der Waals surface area contributed by atoms with E-state index in [1.807, 2.05) is 6.07 Å². The maximum atomic E-state index is 15.6. The lowest BCUT2D eigenvalue weighted by atomic mass is 9.54. The Bertz CT molecular complexity index is 1440. The molecule has 1 saturated carbocycles. The summed E-state index contributed by atoms with van der Waals surface area (Å²) in [4.78, 5) is 12.8. The van der Waals surface area contributed by atoms with Crippen molar-refractivity contribution in [1.82, 2.24) is 13.9 Å². The van der Waals surface area contributed by atoms with Crippen LogP contribution in [0.5, 0.6) is 0 Å². The van der Waals surface area contributed by atoms with Gasteiger partial charge in [-0.05, 0) is 74.3 Å². The summed E-state index contributed by atoms with van der Waals surface area (Å²) in [6.07, 6.45) is 1.04. The molecule has 1 N–H and O–H groups in total. The van der Waals surface area contributed by atoms with E-state index in [2.05, 4.69) is 9.59 Å². The fourth-order valence-corrected chi connectivity index (χ4v) is 8.78. The van der Waals surface area contributed by atoms with Gasteiger partial charge in [-0.2, -0.15) is 4.31 Å². The highest BCUT2D eigenvalue weighted by atomic mass is 32.2. The van der Waals surface area contributed by atoms with Crippen LogP contribution in [0.2, 0.25) is 0 Å². The third-order valence-corrected chi connectivity index (χ3v) is 10.7. The zero-order chi connectivity index (χ0) is 27.3. The number of rotatable bonds is 7. The highest BCUT2D eigenvalue weighted by Gasteiger charge is 2.54. The van der Waals surface area contributed by atoms with Gasteiger partial charge in [-0.1, -0.05) is 34.8 Å². The summed E-state index contributed by atoms with van der Waals surface area (Å²) in [5, 5.41) is 15.0. The molecular formula is C27H29F2N3O4S2. The van der Waals surface area contributed by atoms with Crippen molar-refractivity contribution in [3.05, 3.63) is 81.9 Å². The number of ketones is 1. The van der Waals surface area contributed by atoms with Crippen LogP contribution in [0.25, 0.3) is 0 Å². The van der Waals surface area contributed by atoms with Gasteiger partial charge in [0.2, 0.25) is 10.0 Å². The Kier molecular flexibility index (Phi) is 7.00. The van der Waals surface area contributed by atoms with Crippen molar-refractivity contribution < 1.29 is 27.1 Å². The van der Waals surface area contributed by atoms with E-state index < -0.39 is 37.9 Å². The van der Waals surface area contributed by atoms with Gasteiger partial charge in [-0.25, -0.2) is 17.2 Å². The minimum atomic E-state index is -3.83. The molecule has 0 amide bonds. The Morgan fingerprint density at radius 2 is 1.87 bits per heavy atom. The molecule has 0 unspecified atom stereocenters. The molecule has 5 rings (SSSR count). The van der Waals surface area contributed by atoms with Crippen molar-refractivity contribution in [2.45, 2.75) is 74.8 Å². The first-order valence-electron chi connectivity index (χ1n) is 12.5. The number of Topliss-reactive ketones (excluding diaryl/α,β-unsaturated/α-hetero) is 1. The molecule has 0 spiro atoms. The summed E-state index contributed by atoms with van der Waals surface area (Å²) in [5.41, 5.74) is -1.48. The Morgan fingerprint density at radius 1 is 1.16 bits per heavy atom. The van der Waals surface area contributed by atoms with Crippen molar-refractivity contribution in [1.29, 1.82) is 0 Å². The number of nitrogens with zero attached hydrogens (tertiary/aromatic N) is 3. The van der Waals surface area contributed by atoms with Crippen LogP contribution in [0.1, 0.15) is 78.4 Å². The highest BCUT2D eigenvalue weighted by Crippen LogP contribution is 2.54. The van der Waals surface area contributed by atoms with Crippen LogP contribution in [0.15, 0.2) is 47.8 Å². The van der Waals surface area contributed by atoms with E-state index in [0.717, 1.165) is 23.7 Å². The SMILES string of the molecule is C[C@H]1CC[C@H](c2ccccc2)S(=O)(=O)N1Cc1cc(F)c(C2(CC(=O)c3csnn3)CC(C)(O)C2)cc1F. The summed E-state index contributed by atoms with van der Waals surface area (Å²) in [6.45, 7) is 3.06. The van der Waals surface area contributed by atoms with Crippen LogP contribution < -0.4 is 0 Å². The van der Waals surface area contributed by atoms with E-state index in [-0.39, 0.29) is 54.5 Å². The van der Waals surface area contributed by atoms with Crippen molar-refractivity contribution in [2.24, 2.45) is 0 Å². The molecule has 3 aromatic rings. The predicted octanol–water partition coefficient (Wildman–Crippen LogP) is 4.93. The standard InChI is InChI=1S/C27H29F2N3O4S2/c1-17-8-9-25(18-6-4-3-5-7-18)38(35,36)32(17)13-19-10-22(29)20(11-21(19)28)27(15-26(2,34)16-27)12-24(33)23-14-37-31-30-23/h3-7,10-11,14,17,25,34H,8-9,12-13,15-16H2,1-2H3/t17-,25+,26?,27?/m0/s1. The zero-order valence-electron chi connectivity index (χ0n) is 21.1. The number of hydrogen-bond donors (Lipinski definition) is 1. The van der Waals surface area contributed by atoms with Gasteiger partial charge in [0, 0.05) is 35.4 Å². The van der Waals surface area contributed by atoms with Crippen molar-refractivity contribution in [3.63, 3.8) is 0 Å². The van der Waals surface area contributed by atoms with Crippen LogP contribution in [0.3, 0.4) is 0 Å². The average Bonchev–Trinajstić information content (AvgIpc) is 3.38. The van der Waals surface area contributed by atoms with Gasteiger partial charge in [0.15, 0.2) is 5.78 Å². The lowest BCUT2D eigenvalue weighted by Crippen LogP contribution is -2.54. The number of carbonyl (C=O) groups is 1. The molecule has 202 valence electrons. The summed E-state index contributed by atoms with van der Waals surface area (Å²) in [7, 11) is -3.83. The smallest absolute Gasteiger partial charge is 0.221 e. The third kappa shape index (κ3) is 4.92. The fraction of sp³-hybridized carbons (Fsp3) is 0.444. The summed E-state index contributed by atoms with van der Waals surface area (Å²) in [5.74, 6) is -1.85. The molecular weight excluding hydrogens is 532 g/mol. The van der Waals surface area contributed by atoms with Gasteiger partial charge in [-0.3, -0.25) is 4.79 Å². The predicted molar refractivity (Wildman–Crippen MR) is 139 cm³/mol. The van der Waals surface area contributed by atoms with Gasteiger partial charge in [0.25, 0.3) is 0 Å². The van der Waals surface area contributed by atoms with Gasteiger partial charge < -0.3 is 5.11 Å². The largest absolute Gasteiger partial charge is 0.390 e. The third-order valence-electron chi connectivity index (χ3n) is 7.81. The van der Waals surface area contributed by atoms with Crippen LogP contribution in [0.4, 0.5) is 8.78 Å². The molecule has 2 fully saturated rings. The maximum Gasteiger partial charge on any atom is 0.221 e. The molecule has 2 aromatic carbocycles. The van der Waals surface area contributed by atoms with Crippen molar-refractivity contribution in [3.8, 4) is 0 Å². The fourth-order valence-electron chi connectivity index (χ4n) is 6.14. The molecule has 1 aromatic heterocycles. The molecule has 1 aliphatic heterocycles. The second-order valence-electron chi connectivity index (χ2n) is 10.9. The number of aromatic nitrogens is 2. The second-order valence-corrected chi connectivity index (χ2v) is 13.5. The molecule has 7 nitrogen and oxygen atoms in total. The van der Waals surface area contributed by atoms with Gasteiger partial charge in [0.1, 0.15) is 22.6 Å². The monoisotopic (exact) mass is 561 g/mol. The van der Waals surface area contributed by atoms with Gasteiger partial charge in [0.05, 0.1) is 5.60 Å². The Hall–Kier alpha value is -2.60. The van der Waals surface area contributed by atoms with E-state index in [0.29, 0.717) is 18.4 Å². The minimum absolute atomic E-state index is 0.00137. The summed E-state index contributed by atoms with van der Waals surface area (Å²) in [6, 6.07) is 10.6. The maximum absolute atomic E-state index is 15.6. The van der Waals surface area contributed by atoms with Crippen LogP contribution in [0, 0.1) is 11.6 Å².